The molecule has 0 aliphatic carbocycles. The zero-order valence-electron chi connectivity index (χ0n) is 12.5. The van der Waals surface area contributed by atoms with E-state index in [4.69, 9.17) is 4.74 Å². The van der Waals surface area contributed by atoms with Crippen molar-refractivity contribution in [1.29, 1.82) is 0 Å². The average Bonchev–Trinajstić information content (AvgIpc) is 2.62. The molecule has 0 unspecified atom stereocenters. The molecule has 2 rings (SSSR count). The van der Waals surface area contributed by atoms with Gasteiger partial charge in [0.05, 0.1) is 12.7 Å². The maximum Gasteiger partial charge on any atom is 0.406 e. The number of amides is 1. The minimum atomic E-state index is -4.40. The number of hydrogen-bond acceptors (Lipinski definition) is 2. The highest BCUT2D eigenvalue weighted by atomic mass is 19.4. The first-order valence-corrected chi connectivity index (χ1v) is 6.60. The van der Waals surface area contributed by atoms with E-state index in [1.165, 1.54) is 7.11 Å². The van der Waals surface area contributed by atoms with Crippen LogP contribution in [0.25, 0.3) is 0 Å². The minimum absolute atomic E-state index is 0.0338. The molecule has 3 nitrogen and oxygen atoms in total. The number of carbonyl (C=O) groups is 1. The van der Waals surface area contributed by atoms with Crippen LogP contribution in [0.2, 0.25) is 0 Å². The fourth-order valence-corrected chi connectivity index (χ4v) is 2.41. The first kappa shape index (κ1) is 15.7. The van der Waals surface area contributed by atoms with Crippen LogP contribution in [0.5, 0.6) is 5.75 Å². The molecule has 1 aromatic carbocycles. The quantitative estimate of drug-likeness (QED) is 0.836. The molecule has 1 amide bonds. The summed E-state index contributed by atoms with van der Waals surface area (Å²) in [6.07, 6.45) is -4.40. The summed E-state index contributed by atoms with van der Waals surface area (Å²) in [5.41, 5.74) is 1.59. The normalized spacial score (nSPS) is 15.4. The van der Waals surface area contributed by atoms with Crippen LogP contribution < -0.4 is 4.74 Å². The summed E-state index contributed by atoms with van der Waals surface area (Å²) in [5.74, 6) is -0.285. The van der Waals surface area contributed by atoms with E-state index in [-0.39, 0.29) is 17.5 Å². The Labute approximate surface area is 121 Å². The third-order valence-electron chi connectivity index (χ3n) is 3.50. The molecule has 21 heavy (non-hydrogen) atoms. The van der Waals surface area contributed by atoms with E-state index in [1.807, 2.05) is 20.8 Å². The smallest absolute Gasteiger partial charge is 0.406 e. The molecule has 0 atom stereocenters. The van der Waals surface area contributed by atoms with Crippen molar-refractivity contribution in [2.45, 2.75) is 38.9 Å². The maximum atomic E-state index is 12.5. The van der Waals surface area contributed by atoms with Gasteiger partial charge in [0, 0.05) is 6.54 Å². The largest absolute Gasteiger partial charge is 0.496 e. The lowest BCUT2D eigenvalue weighted by molar-refractivity contribution is -0.140. The summed E-state index contributed by atoms with van der Waals surface area (Å²) >= 11 is 0. The number of fused-ring (bicyclic) bond motifs is 1. The maximum absolute atomic E-state index is 12.5. The zero-order chi connectivity index (χ0) is 16.0. The summed E-state index contributed by atoms with van der Waals surface area (Å²) in [4.78, 5) is 13.0. The predicted molar refractivity (Wildman–Crippen MR) is 72.5 cm³/mol. The van der Waals surface area contributed by atoms with E-state index in [0.29, 0.717) is 11.3 Å². The van der Waals surface area contributed by atoms with Gasteiger partial charge in [-0.15, -0.1) is 0 Å². The van der Waals surface area contributed by atoms with Crippen molar-refractivity contribution in [3.05, 3.63) is 28.8 Å². The molecule has 0 N–H and O–H groups in total. The van der Waals surface area contributed by atoms with Crippen LogP contribution in [0.4, 0.5) is 13.2 Å². The standard InChI is InChI=1S/C15H18F3NO2/c1-14(2,3)10-5-9-7-19(8-15(16,17)18)13(20)12(9)11(6-10)21-4/h5-6H,7-8H2,1-4H3. The van der Waals surface area contributed by atoms with Gasteiger partial charge in [0.25, 0.3) is 5.91 Å². The zero-order valence-corrected chi connectivity index (χ0v) is 12.5. The fourth-order valence-electron chi connectivity index (χ4n) is 2.41. The number of carbonyl (C=O) groups excluding carboxylic acids is 1. The highest BCUT2D eigenvalue weighted by Crippen LogP contribution is 2.37. The lowest BCUT2D eigenvalue weighted by Gasteiger charge is -2.21. The van der Waals surface area contributed by atoms with E-state index in [2.05, 4.69) is 0 Å². The molecule has 0 saturated carbocycles. The van der Waals surface area contributed by atoms with Crippen LogP contribution in [0.3, 0.4) is 0 Å². The number of hydrogen-bond donors (Lipinski definition) is 0. The van der Waals surface area contributed by atoms with Crippen molar-refractivity contribution in [3.8, 4) is 5.75 Å². The lowest BCUT2D eigenvalue weighted by Crippen LogP contribution is -2.34. The van der Waals surface area contributed by atoms with Gasteiger partial charge in [-0.2, -0.15) is 13.2 Å². The van der Waals surface area contributed by atoms with Gasteiger partial charge in [-0.05, 0) is 22.6 Å². The van der Waals surface area contributed by atoms with Gasteiger partial charge >= 0.3 is 6.18 Å². The summed E-state index contributed by atoms with van der Waals surface area (Å²) < 4.78 is 42.8. The number of halogens is 3. The molecule has 0 aromatic heterocycles. The predicted octanol–water partition coefficient (Wildman–Crippen LogP) is 3.51. The Kier molecular flexibility index (Phi) is 3.68. The molecule has 1 aromatic rings. The fraction of sp³-hybridized carbons (Fsp3) is 0.533. The number of alkyl halides is 3. The topological polar surface area (TPSA) is 29.5 Å². The van der Waals surface area contributed by atoms with E-state index in [9.17, 15) is 18.0 Å². The van der Waals surface area contributed by atoms with E-state index in [0.717, 1.165) is 10.5 Å². The van der Waals surface area contributed by atoms with Crippen molar-refractivity contribution >= 4 is 5.91 Å². The number of benzene rings is 1. The molecule has 1 heterocycles. The van der Waals surface area contributed by atoms with Crippen molar-refractivity contribution < 1.29 is 22.7 Å². The minimum Gasteiger partial charge on any atom is -0.496 e. The van der Waals surface area contributed by atoms with Gasteiger partial charge in [-0.3, -0.25) is 4.79 Å². The van der Waals surface area contributed by atoms with Crippen LogP contribution >= 0.6 is 0 Å². The monoisotopic (exact) mass is 301 g/mol. The Morgan fingerprint density at radius 1 is 1.24 bits per heavy atom. The van der Waals surface area contributed by atoms with Crippen molar-refractivity contribution in [2.24, 2.45) is 0 Å². The highest BCUT2D eigenvalue weighted by Gasteiger charge is 2.39. The van der Waals surface area contributed by atoms with Gasteiger partial charge in [0.2, 0.25) is 0 Å². The summed E-state index contributed by atoms with van der Waals surface area (Å²) in [6.45, 7) is 4.72. The Balaban J connectivity index is 2.44. The molecule has 116 valence electrons. The first-order valence-electron chi connectivity index (χ1n) is 6.60. The van der Waals surface area contributed by atoms with Crippen LogP contribution in [0.15, 0.2) is 12.1 Å². The van der Waals surface area contributed by atoms with Crippen molar-refractivity contribution in [1.82, 2.24) is 4.90 Å². The molecule has 6 heteroatoms. The Morgan fingerprint density at radius 3 is 2.33 bits per heavy atom. The Morgan fingerprint density at radius 2 is 1.86 bits per heavy atom. The van der Waals surface area contributed by atoms with Crippen molar-refractivity contribution in [2.75, 3.05) is 13.7 Å². The average molecular weight is 301 g/mol. The Bertz CT molecular complexity index is 574. The summed E-state index contributed by atoms with van der Waals surface area (Å²) in [7, 11) is 1.42. The van der Waals surface area contributed by atoms with Crippen LogP contribution in [0, 0.1) is 0 Å². The molecule has 0 fully saturated rings. The third-order valence-corrected chi connectivity index (χ3v) is 3.50. The van der Waals surface area contributed by atoms with Gasteiger partial charge in [0.1, 0.15) is 12.3 Å². The SMILES string of the molecule is COc1cc(C(C)(C)C)cc2c1C(=O)N(CC(F)(F)F)C2. The van der Waals surface area contributed by atoms with Crippen LogP contribution in [-0.4, -0.2) is 30.6 Å². The van der Waals surface area contributed by atoms with Crippen LogP contribution in [-0.2, 0) is 12.0 Å². The van der Waals surface area contributed by atoms with Gasteiger partial charge < -0.3 is 9.64 Å². The number of ether oxygens (including phenoxy) is 1. The number of rotatable bonds is 2. The molecule has 0 bridgehead atoms. The number of methoxy groups -OCH3 is 1. The molecule has 1 aliphatic rings. The molecule has 0 saturated heterocycles. The molecule has 0 spiro atoms. The molecular formula is C15H18F3NO2. The third kappa shape index (κ3) is 3.14. The van der Waals surface area contributed by atoms with Gasteiger partial charge in [0.15, 0.2) is 0 Å². The van der Waals surface area contributed by atoms with E-state index in [1.54, 1.807) is 12.1 Å². The molecule has 0 radical (unpaired) electrons. The van der Waals surface area contributed by atoms with Crippen LogP contribution in [0.1, 0.15) is 42.3 Å². The lowest BCUT2D eigenvalue weighted by atomic mass is 9.85. The first-order chi connectivity index (χ1) is 9.53. The molecule has 1 aliphatic heterocycles. The second-order valence-electron chi connectivity index (χ2n) is 6.24. The van der Waals surface area contributed by atoms with Crippen molar-refractivity contribution in [3.63, 3.8) is 0 Å². The molecular weight excluding hydrogens is 283 g/mol. The number of nitrogens with zero attached hydrogens (tertiary/aromatic N) is 1. The Hall–Kier alpha value is -1.72. The summed E-state index contributed by atoms with van der Waals surface area (Å²) in [5, 5.41) is 0. The van der Waals surface area contributed by atoms with E-state index < -0.39 is 18.6 Å². The second kappa shape index (κ2) is 4.93. The summed E-state index contributed by atoms with van der Waals surface area (Å²) in [6, 6.07) is 3.53. The highest BCUT2D eigenvalue weighted by molar-refractivity contribution is 6.01. The van der Waals surface area contributed by atoms with E-state index >= 15 is 0 Å². The second-order valence-corrected chi connectivity index (χ2v) is 6.24. The van der Waals surface area contributed by atoms with Gasteiger partial charge in [-0.25, -0.2) is 0 Å². The van der Waals surface area contributed by atoms with Gasteiger partial charge in [-0.1, -0.05) is 26.8 Å².